The van der Waals surface area contributed by atoms with Gasteiger partial charge in [0, 0.05) is 29.4 Å². The van der Waals surface area contributed by atoms with E-state index in [0.717, 1.165) is 39.6 Å². The van der Waals surface area contributed by atoms with Crippen molar-refractivity contribution in [1.29, 1.82) is 0 Å². The Morgan fingerprint density at radius 2 is 2.09 bits per heavy atom. The van der Waals surface area contributed by atoms with E-state index in [9.17, 15) is 4.79 Å². The first-order valence-electron chi connectivity index (χ1n) is 7.75. The zero-order chi connectivity index (χ0) is 15.4. The highest BCUT2D eigenvalue weighted by Crippen LogP contribution is 2.33. The van der Waals surface area contributed by atoms with Crippen molar-refractivity contribution in [3.05, 3.63) is 47.1 Å². The fourth-order valence-electron chi connectivity index (χ4n) is 3.21. The second-order valence-electron chi connectivity index (χ2n) is 6.06. The molecule has 3 aromatic heterocycles. The lowest BCUT2D eigenvalue weighted by Crippen LogP contribution is -2.26. The highest BCUT2D eigenvalue weighted by atomic mass is 32.1. The summed E-state index contributed by atoms with van der Waals surface area (Å²) in [6.45, 7) is 0. The van der Waals surface area contributed by atoms with Gasteiger partial charge in [-0.1, -0.05) is 12.1 Å². The van der Waals surface area contributed by atoms with Gasteiger partial charge in [-0.3, -0.25) is 9.55 Å². The molecule has 1 N–H and O–H groups in total. The molecular formula is C17H14N4OS. The number of hydrogen-bond donors (Lipinski definition) is 1. The predicted molar refractivity (Wildman–Crippen MR) is 91.9 cm³/mol. The van der Waals surface area contributed by atoms with Crippen molar-refractivity contribution >= 4 is 32.8 Å². The second kappa shape index (κ2) is 4.76. The molecule has 3 heterocycles. The average molecular weight is 322 g/mol. The molecule has 1 saturated carbocycles. The first-order valence-corrected chi connectivity index (χ1v) is 8.52. The van der Waals surface area contributed by atoms with E-state index in [1.165, 1.54) is 18.0 Å². The van der Waals surface area contributed by atoms with Crippen LogP contribution in [0.25, 0.3) is 32.4 Å². The molecule has 0 unspecified atom stereocenters. The van der Waals surface area contributed by atoms with E-state index >= 15 is 0 Å². The van der Waals surface area contributed by atoms with Crippen molar-refractivity contribution in [3.8, 4) is 11.1 Å². The summed E-state index contributed by atoms with van der Waals surface area (Å²) in [7, 11) is 0. The monoisotopic (exact) mass is 322 g/mol. The van der Waals surface area contributed by atoms with Crippen LogP contribution in [0.3, 0.4) is 0 Å². The lowest BCUT2D eigenvalue weighted by atomic mass is 9.93. The SMILES string of the molecule is O=c1[nH]c2ncc(-c3ccc4cnsc4c3)cc2n1C1CCC1. The van der Waals surface area contributed by atoms with Crippen LogP contribution in [0.4, 0.5) is 0 Å². The van der Waals surface area contributed by atoms with Gasteiger partial charge in [0.05, 0.1) is 10.2 Å². The number of imidazole rings is 1. The number of rotatable bonds is 2. The van der Waals surface area contributed by atoms with Crippen molar-refractivity contribution in [2.45, 2.75) is 25.3 Å². The highest BCUT2D eigenvalue weighted by molar-refractivity contribution is 7.13. The Kier molecular flexibility index (Phi) is 2.69. The highest BCUT2D eigenvalue weighted by Gasteiger charge is 2.23. The van der Waals surface area contributed by atoms with E-state index in [1.807, 2.05) is 17.0 Å². The third kappa shape index (κ3) is 1.95. The molecule has 1 aliphatic carbocycles. The minimum atomic E-state index is -0.0488. The van der Waals surface area contributed by atoms with Gasteiger partial charge in [-0.2, -0.15) is 4.37 Å². The van der Waals surface area contributed by atoms with E-state index < -0.39 is 0 Å². The van der Waals surface area contributed by atoms with E-state index in [4.69, 9.17) is 0 Å². The number of pyridine rings is 1. The molecule has 6 heteroatoms. The second-order valence-corrected chi connectivity index (χ2v) is 6.89. The first kappa shape index (κ1) is 13.0. The molecule has 0 amide bonds. The average Bonchev–Trinajstić information content (AvgIpc) is 3.09. The van der Waals surface area contributed by atoms with Gasteiger partial charge in [-0.15, -0.1) is 0 Å². The summed E-state index contributed by atoms with van der Waals surface area (Å²) in [6.07, 6.45) is 7.05. The van der Waals surface area contributed by atoms with Crippen LogP contribution in [-0.2, 0) is 0 Å². The van der Waals surface area contributed by atoms with Gasteiger partial charge in [0.1, 0.15) is 0 Å². The first-order chi connectivity index (χ1) is 11.3. The van der Waals surface area contributed by atoms with Crippen LogP contribution >= 0.6 is 11.5 Å². The number of hydrogen-bond acceptors (Lipinski definition) is 4. The van der Waals surface area contributed by atoms with Gasteiger partial charge >= 0.3 is 5.69 Å². The summed E-state index contributed by atoms with van der Waals surface area (Å²) in [5.74, 6) is 0. The Labute approximate surface area is 135 Å². The molecule has 0 spiro atoms. The summed E-state index contributed by atoms with van der Waals surface area (Å²) in [4.78, 5) is 19.5. The van der Waals surface area contributed by atoms with Gasteiger partial charge in [-0.25, -0.2) is 9.78 Å². The number of fused-ring (bicyclic) bond motifs is 2. The standard InChI is InChI=1S/C17H14N4OS/c22-17-20-16-14(21(17)13-2-1-3-13)6-12(8-18-16)10-4-5-11-9-19-23-15(11)7-10/h4-9,13H,1-3H2,(H,18,20,22). The van der Waals surface area contributed by atoms with Crippen LogP contribution in [0.1, 0.15) is 25.3 Å². The Bertz CT molecular complexity index is 1090. The lowest BCUT2D eigenvalue weighted by Gasteiger charge is -2.26. The third-order valence-corrected chi connectivity index (χ3v) is 5.46. The van der Waals surface area contributed by atoms with Crippen LogP contribution in [0.2, 0.25) is 0 Å². The van der Waals surface area contributed by atoms with Crippen molar-refractivity contribution in [3.63, 3.8) is 0 Å². The smallest absolute Gasteiger partial charge is 0.290 e. The fraction of sp³-hybridized carbons (Fsp3) is 0.235. The molecule has 0 radical (unpaired) electrons. The zero-order valence-electron chi connectivity index (χ0n) is 12.3. The largest absolute Gasteiger partial charge is 0.327 e. The number of benzene rings is 1. The lowest BCUT2D eigenvalue weighted by molar-refractivity contribution is 0.314. The fourth-order valence-corrected chi connectivity index (χ4v) is 3.89. The quantitative estimate of drug-likeness (QED) is 0.611. The van der Waals surface area contributed by atoms with E-state index in [0.29, 0.717) is 11.7 Å². The molecule has 114 valence electrons. The maximum Gasteiger partial charge on any atom is 0.327 e. The van der Waals surface area contributed by atoms with Crippen molar-refractivity contribution in [2.24, 2.45) is 0 Å². The van der Waals surface area contributed by atoms with Gasteiger partial charge < -0.3 is 0 Å². The molecule has 0 aliphatic heterocycles. The molecule has 1 aliphatic rings. The van der Waals surface area contributed by atoms with Crippen LogP contribution in [-0.4, -0.2) is 18.9 Å². The predicted octanol–water partition coefficient (Wildman–Crippen LogP) is 3.73. The van der Waals surface area contributed by atoms with E-state index in [1.54, 1.807) is 0 Å². The molecule has 1 fully saturated rings. The minimum absolute atomic E-state index is 0.0488. The van der Waals surface area contributed by atoms with E-state index in [-0.39, 0.29) is 5.69 Å². The summed E-state index contributed by atoms with van der Waals surface area (Å²) < 4.78 is 7.26. The van der Waals surface area contributed by atoms with Gasteiger partial charge in [-0.05, 0) is 48.5 Å². The van der Waals surface area contributed by atoms with Crippen LogP contribution in [0.15, 0.2) is 41.5 Å². The van der Waals surface area contributed by atoms with Gasteiger partial charge in [0.2, 0.25) is 0 Å². The normalized spacial score (nSPS) is 15.3. The molecule has 0 atom stereocenters. The number of nitrogens with zero attached hydrogens (tertiary/aromatic N) is 3. The van der Waals surface area contributed by atoms with Crippen LogP contribution < -0.4 is 5.69 Å². The topological polar surface area (TPSA) is 63.6 Å². The van der Waals surface area contributed by atoms with Crippen molar-refractivity contribution in [1.82, 2.24) is 18.9 Å². The summed E-state index contributed by atoms with van der Waals surface area (Å²) in [5.41, 5.74) is 3.66. The molecule has 5 nitrogen and oxygen atoms in total. The van der Waals surface area contributed by atoms with Crippen LogP contribution in [0, 0.1) is 0 Å². The molecule has 0 bridgehead atoms. The summed E-state index contributed by atoms with van der Waals surface area (Å²) >= 11 is 1.49. The number of H-pyrrole nitrogens is 1. The maximum atomic E-state index is 12.2. The van der Waals surface area contributed by atoms with Crippen molar-refractivity contribution in [2.75, 3.05) is 0 Å². The van der Waals surface area contributed by atoms with E-state index in [2.05, 4.69) is 38.6 Å². The molecule has 23 heavy (non-hydrogen) atoms. The molecule has 4 aromatic rings. The molecule has 1 aromatic carbocycles. The van der Waals surface area contributed by atoms with Gasteiger partial charge in [0.25, 0.3) is 0 Å². The number of aromatic amines is 1. The number of aromatic nitrogens is 4. The van der Waals surface area contributed by atoms with Crippen molar-refractivity contribution < 1.29 is 0 Å². The molecule has 5 rings (SSSR count). The Balaban J connectivity index is 1.70. The Morgan fingerprint density at radius 3 is 2.91 bits per heavy atom. The Hall–Kier alpha value is -2.47. The zero-order valence-corrected chi connectivity index (χ0v) is 13.1. The molecular weight excluding hydrogens is 308 g/mol. The maximum absolute atomic E-state index is 12.2. The third-order valence-electron chi connectivity index (χ3n) is 4.70. The summed E-state index contributed by atoms with van der Waals surface area (Å²) in [5, 5.41) is 1.15. The van der Waals surface area contributed by atoms with Crippen LogP contribution in [0.5, 0.6) is 0 Å². The molecule has 0 saturated heterocycles. The Morgan fingerprint density at radius 1 is 1.17 bits per heavy atom. The summed E-state index contributed by atoms with van der Waals surface area (Å²) in [6, 6.07) is 8.68. The van der Waals surface area contributed by atoms with Gasteiger partial charge in [0.15, 0.2) is 5.65 Å². The minimum Gasteiger partial charge on any atom is -0.290 e. The number of nitrogens with one attached hydrogen (secondary N) is 1.